The van der Waals surface area contributed by atoms with Crippen molar-refractivity contribution in [3.05, 3.63) is 24.0 Å². The van der Waals surface area contributed by atoms with E-state index in [0.717, 1.165) is 0 Å². The second-order valence-corrected chi connectivity index (χ2v) is 10.5. The molecule has 0 saturated carbocycles. The van der Waals surface area contributed by atoms with E-state index in [9.17, 15) is 4.79 Å². The number of methoxy groups -OCH3 is 1. The number of hydrogen-bond acceptors (Lipinski definition) is 4. The second-order valence-electron chi connectivity index (χ2n) is 5.73. The highest BCUT2D eigenvalue weighted by molar-refractivity contribution is 6.74. The molecule has 1 rings (SSSR count). The van der Waals surface area contributed by atoms with Crippen LogP contribution < -0.4 is 4.43 Å². The fraction of sp³-hybridized carbons (Fsp3) is 0.538. The molecule has 0 aliphatic heterocycles. The third kappa shape index (κ3) is 3.32. The number of pyridine rings is 1. The average molecular weight is 267 g/mol. The van der Waals surface area contributed by atoms with Crippen molar-refractivity contribution in [1.29, 1.82) is 0 Å². The van der Waals surface area contributed by atoms with E-state index in [1.54, 1.807) is 18.3 Å². The first-order chi connectivity index (χ1) is 8.17. The van der Waals surface area contributed by atoms with E-state index in [-0.39, 0.29) is 5.04 Å². The highest BCUT2D eigenvalue weighted by atomic mass is 28.4. The van der Waals surface area contributed by atoms with E-state index in [0.29, 0.717) is 11.4 Å². The molecule has 0 bridgehead atoms. The molecule has 1 heterocycles. The van der Waals surface area contributed by atoms with Crippen molar-refractivity contribution in [3.8, 4) is 5.75 Å². The normalized spacial score (nSPS) is 12.1. The van der Waals surface area contributed by atoms with Crippen molar-refractivity contribution in [2.75, 3.05) is 7.11 Å². The molecule has 0 radical (unpaired) electrons. The molecule has 1 aromatic rings. The van der Waals surface area contributed by atoms with Gasteiger partial charge >= 0.3 is 5.97 Å². The third-order valence-electron chi connectivity index (χ3n) is 3.31. The first-order valence-corrected chi connectivity index (χ1v) is 8.81. The van der Waals surface area contributed by atoms with Crippen molar-refractivity contribution in [2.45, 2.75) is 38.9 Å². The maximum Gasteiger partial charge on any atom is 0.356 e. The van der Waals surface area contributed by atoms with Gasteiger partial charge in [0.2, 0.25) is 0 Å². The van der Waals surface area contributed by atoms with E-state index in [2.05, 4.69) is 43.6 Å². The fourth-order valence-corrected chi connectivity index (χ4v) is 2.13. The van der Waals surface area contributed by atoms with Crippen molar-refractivity contribution >= 4 is 14.3 Å². The van der Waals surface area contributed by atoms with Gasteiger partial charge in [-0.25, -0.2) is 9.78 Å². The van der Waals surface area contributed by atoms with Gasteiger partial charge in [0.15, 0.2) is 0 Å². The van der Waals surface area contributed by atoms with Crippen LogP contribution in [0.5, 0.6) is 5.75 Å². The summed E-state index contributed by atoms with van der Waals surface area (Å²) in [5.41, 5.74) is 0.292. The van der Waals surface area contributed by atoms with Crippen LogP contribution in [0, 0.1) is 0 Å². The molecule has 0 aromatic carbocycles. The van der Waals surface area contributed by atoms with Crippen LogP contribution >= 0.6 is 0 Å². The highest BCUT2D eigenvalue weighted by Crippen LogP contribution is 2.37. The molecular weight excluding hydrogens is 246 g/mol. The smallest absolute Gasteiger partial charge is 0.356 e. The number of ether oxygens (including phenoxy) is 1. The molecule has 0 saturated heterocycles. The molecular formula is C13H21NO3Si. The number of aromatic nitrogens is 1. The predicted octanol–water partition coefficient (Wildman–Crippen LogP) is 3.25. The summed E-state index contributed by atoms with van der Waals surface area (Å²) in [7, 11) is -0.517. The number of carbonyl (C=O) groups excluding carboxylic acids is 1. The zero-order chi connectivity index (χ0) is 14.0. The summed E-state index contributed by atoms with van der Waals surface area (Å²) in [5.74, 6) is 0.267. The SMILES string of the molecule is COC(=O)c1ccc(O[Si](C)(C)C(C)(C)C)cn1. The van der Waals surface area contributed by atoms with Gasteiger partial charge in [0.1, 0.15) is 11.4 Å². The van der Waals surface area contributed by atoms with Crippen molar-refractivity contribution < 1.29 is 14.0 Å². The first kappa shape index (κ1) is 14.7. The number of hydrogen-bond donors (Lipinski definition) is 0. The van der Waals surface area contributed by atoms with Gasteiger partial charge in [-0.05, 0) is 30.3 Å². The summed E-state index contributed by atoms with van der Waals surface area (Å²) in [5, 5.41) is 0.133. The van der Waals surface area contributed by atoms with Crippen LogP contribution in [-0.4, -0.2) is 26.4 Å². The van der Waals surface area contributed by atoms with Crippen LogP contribution in [0.1, 0.15) is 31.3 Å². The fourth-order valence-electron chi connectivity index (χ4n) is 1.11. The Bertz CT molecular complexity index is 421. The minimum atomic E-state index is -1.85. The quantitative estimate of drug-likeness (QED) is 0.623. The topological polar surface area (TPSA) is 48.4 Å². The lowest BCUT2D eigenvalue weighted by molar-refractivity contribution is 0.0594. The molecule has 0 aliphatic rings. The monoisotopic (exact) mass is 267 g/mol. The largest absolute Gasteiger partial charge is 0.542 e. The summed E-state index contributed by atoms with van der Waals surface area (Å²) < 4.78 is 10.7. The molecule has 18 heavy (non-hydrogen) atoms. The lowest BCUT2D eigenvalue weighted by Crippen LogP contribution is -2.43. The molecule has 0 spiro atoms. The lowest BCUT2D eigenvalue weighted by Gasteiger charge is -2.36. The molecule has 4 nitrogen and oxygen atoms in total. The summed E-state index contributed by atoms with van der Waals surface area (Å²) in [6.07, 6.45) is 1.58. The molecule has 0 aliphatic carbocycles. The molecule has 1 aromatic heterocycles. The summed E-state index contributed by atoms with van der Waals surface area (Å²) in [4.78, 5) is 15.3. The lowest BCUT2D eigenvalue weighted by atomic mass is 10.2. The van der Waals surface area contributed by atoms with Crippen molar-refractivity contribution in [2.24, 2.45) is 0 Å². The Morgan fingerprint density at radius 3 is 2.28 bits per heavy atom. The minimum Gasteiger partial charge on any atom is -0.542 e. The predicted molar refractivity (Wildman–Crippen MR) is 73.4 cm³/mol. The maximum absolute atomic E-state index is 11.3. The molecule has 0 unspecified atom stereocenters. The van der Waals surface area contributed by atoms with Gasteiger partial charge in [-0.1, -0.05) is 20.8 Å². The van der Waals surface area contributed by atoms with E-state index in [1.807, 2.05) is 0 Å². The number of nitrogens with zero attached hydrogens (tertiary/aromatic N) is 1. The molecule has 0 atom stereocenters. The van der Waals surface area contributed by atoms with Gasteiger partial charge in [0.05, 0.1) is 13.3 Å². The van der Waals surface area contributed by atoms with Crippen LogP contribution in [0.3, 0.4) is 0 Å². The van der Waals surface area contributed by atoms with Gasteiger partial charge in [0.25, 0.3) is 8.32 Å². The Labute approximate surface area is 109 Å². The molecule has 5 heteroatoms. The van der Waals surface area contributed by atoms with Crippen LogP contribution in [-0.2, 0) is 4.74 Å². The van der Waals surface area contributed by atoms with Crippen molar-refractivity contribution in [3.63, 3.8) is 0 Å². The second kappa shape index (κ2) is 5.10. The number of rotatable bonds is 3. The van der Waals surface area contributed by atoms with Crippen LogP contribution in [0.25, 0.3) is 0 Å². The van der Waals surface area contributed by atoms with Gasteiger partial charge in [-0.2, -0.15) is 0 Å². The zero-order valence-electron chi connectivity index (χ0n) is 11.9. The molecule has 0 amide bonds. The summed E-state index contributed by atoms with van der Waals surface area (Å²) >= 11 is 0. The third-order valence-corrected chi connectivity index (χ3v) is 7.67. The van der Waals surface area contributed by atoms with Gasteiger partial charge in [-0.15, -0.1) is 0 Å². The maximum atomic E-state index is 11.3. The zero-order valence-corrected chi connectivity index (χ0v) is 12.9. The standard InChI is InChI=1S/C13H21NO3Si/c1-13(2,3)18(5,6)17-10-7-8-11(14-9-10)12(15)16-4/h7-9H,1-6H3. The Hall–Kier alpha value is -1.36. The average Bonchev–Trinajstić information content (AvgIpc) is 2.27. The van der Waals surface area contributed by atoms with Crippen molar-refractivity contribution in [1.82, 2.24) is 4.98 Å². The van der Waals surface area contributed by atoms with Gasteiger partial charge in [-0.3, -0.25) is 0 Å². The number of carbonyl (C=O) groups is 1. The van der Waals surface area contributed by atoms with E-state index < -0.39 is 14.3 Å². The number of esters is 1. The van der Waals surface area contributed by atoms with Crippen LogP contribution in [0.4, 0.5) is 0 Å². The van der Waals surface area contributed by atoms with E-state index >= 15 is 0 Å². The molecule has 0 N–H and O–H groups in total. The Balaban J connectivity index is 2.85. The Kier molecular flexibility index (Phi) is 4.16. The summed E-state index contributed by atoms with van der Waals surface area (Å²) in [6, 6.07) is 3.38. The Morgan fingerprint density at radius 2 is 1.89 bits per heavy atom. The van der Waals surface area contributed by atoms with E-state index in [4.69, 9.17) is 4.43 Å². The summed E-state index contributed by atoms with van der Waals surface area (Å²) in [6.45, 7) is 10.9. The Morgan fingerprint density at radius 1 is 1.28 bits per heavy atom. The molecule has 100 valence electrons. The van der Waals surface area contributed by atoms with Gasteiger partial charge < -0.3 is 9.16 Å². The molecule has 0 fully saturated rings. The first-order valence-electron chi connectivity index (χ1n) is 5.91. The van der Waals surface area contributed by atoms with Crippen LogP contribution in [0.2, 0.25) is 18.1 Å². The van der Waals surface area contributed by atoms with Gasteiger partial charge in [0, 0.05) is 0 Å². The highest BCUT2D eigenvalue weighted by Gasteiger charge is 2.39. The minimum absolute atomic E-state index is 0.133. The van der Waals surface area contributed by atoms with Crippen LogP contribution in [0.15, 0.2) is 18.3 Å². The van der Waals surface area contributed by atoms with E-state index in [1.165, 1.54) is 7.11 Å².